The van der Waals surface area contributed by atoms with Crippen LogP contribution in [-0.4, -0.2) is 21.3 Å². The van der Waals surface area contributed by atoms with E-state index in [-0.39, 0.29) is 0 Å². The molecule has 0 fully saturated rings. The van der Waals surface area contributed by atoms with Gasteiger partial charge in [-0.1, -0.05) is 30.3 Å². The molecule has 108 valence electrons. The molecule has 5 heteroatoms. The summed E-state index contributed by atoms with van der Waals surface area (Å²) in [7, 11) is 0. The predicted molar refractivity (Wildman–Crippen MR) is 86.8 cm³/mol. The van der Waals surface area contributed by atoms with Crippen molar-refractivity contribution >= 4 is 17.0 Å². The van der Waals surface area contributed by atoms with Crippen molar-refractivity contribution in [2.24, 2.45) is 0 Å². The number of anilines is 1. The van der Waals surface area contributed by atoms with Crippen molar-refractivity contribution in [3.63, 3.8) is 0 Å². The van der Waals surface area contributed by atoms with Crippen LogP contribution in [0.25, 0.3) is 0 Å². The summed E-state index contributed by atoms with van der Waals surface area (Å²) in [5.41, 5.74) is 3.41. The summed E-state index contributed by atoms with van der Waals surface area (Å²) in [6.07, 6.45) is 4.86. The van der Waals surface area contributed by atoms with E-state index in [0.717, 1.165) is 30.9 Å². The Morgan fingerprint density at radius 3 is 2.86 bits per heavy atom. The van der Waals surface area contributed by atoms with E-state index in [0.29, 0.717) is 0 Å². The van der Waals surface area contributed by atoms with Crippen LogP contribution < -0.4 is 5.32 Å². The molecular weight excluding hydrogens is 280 g/mol. The zero-order chi connectivity index (χ0) is 14.5. The predicted octanol–water partition coefficient (Wildman–Crippen LogP) is 3.35. The third kappa shape index (κ3) is 3.92. The Kier molecular flexibility index (Phi) is 4.31. The van der Waals surface area contributed by atoms with Crippen LogP contribution in [0.15, 0.2) is 48.1 Å². The average molecular weight is 298 g/mol. The van der Waals surface area contributed by atoms with Crippen molar-refractivity contribution < 1.29 is 0 Å². The maximum atomic E-state index is 4.46. The molecule has 0 atom stereocenters. The van der Waals surface area contributed by atoms with Crippen LogP contribution in [0.4, 0.5) is 5.69 Å². The number of benzene rings is 1. The highest BCUT2D eigenvalue weighted by molar-refractivity contribution is 7.09. The van der Waals surface area contributed by atoms with Gasteiger partial charge < -0.3 is 5.32 Å². The fraction of sp³-hybridized carbons (Fsp3) is 0.250. The summed E-state index contributed by atoms with van der Waals surface area (Å²) < 4.78 is 1.95. The third-order valence-electron chi connectivity index (χ3n) is 3.16. The van der Waals surface area contributed by atoms with Gasteiger partial charge in [-0.2, -0.15) is 5.10 Å². The molecule has 1 aromatic carbocycles. The molecule has 21 heavy (non-hydrogen) atoms. The van der Waals surface area contributed by atoms with Gasteiger partial charge in [0.1, 0.15) is 0 Å². The first-order chi connectivity index (χ1) is 10.3. The first-order valence-corrected chi connectivity index (χ1v) is 7.89. The number of hydrogen-bond acceptors (Lipinski definition) is 4. The zero-order valence-electron chi connectivity index (χ0n) is 12.0. The number of aromatic nitrogens is 3. The van der Waals surface area contributed by atoms with Crippen molar-refractivity contribution in [2.75, 3.05) is 11.9 Å². The molecule has 3 rings (SSSR count). The van der Waals surface area contributed by atoms with Gasteiger partial charge in [-0.05, 0) is 12.5 Å². The van der Waals surface area contributed by atoms with E-state index >= 15 is 0 Å². The Balaban J connectivity index is 1.51. The quantitative estimate of drug-likeness (QED) is 0.759. The lowest BCUT2D eigenvalue weighted by Crippen LogP contribution is -2.04. The minimum absolute atomic E-state index is 0.800. The van der Waals surface area contributed by atoms with Crippen molar-refractivity contribution in [3.05, 3.63) is 64.4 Å². The molecule has 0 spiro atoms. The number of nitrogens with zero attached hydrogens (tertiary/aromatic N) is 3. The van der Waals surface area contributed by atoms with Crippen LogP contribution in [0.1, 0.15) is 16.3 Å². The van der Waals surface area contributed by atoms with E-state index in [1.54, 1.807) is 11.3 Å². The van der Waals surface area contributed by atoms with Crippen LogP contribution >= 0.6 is 11.3 Å². The van der Waals surface area contributed by atoms with Crippen LogP contribution in [0.5, 0.6) is 0 Å². The van der Waals surface area contributed by atoms with E-state index in [9.17, 15) is 0 Å². The second-order valence-corrected chi connectivity index (χ2v) is 5.91. The van der Waals surface area contributed by atoms with E-state index < -0.39 is 0 Å². The molecule has 0 unspecified atom stereocenters. The Bertz CT molecular complexity index is 687. The molecule has 1 N–H and O–H groups in total. The maximum Gasteiger partial charge on any atom is 0.0945 e. The number of aryl methyl sites for hydroxylation is 1. The molecule has 2 aromatic heterocycles. The van der Waals surface area contributed by atoms with E-state index in [1.165, 1.54) is 10.6 Å². The SMILES string of the molecule is Cc1csc(CCNc2cnn(Cc3ccccc3)c2)n1. The minimum atomic E-state index is 0.800. The van der Waals surface area contributed by atoms with Gasteiger partial charge in [-0.15, -0.1) is 11.3 Å². The summed E-state index contributed by atoms with van der Waals surface area (Å²) in [6, 6.07) is 10.3. The van der Waals surface area contributed by atoms with Gasteiger partial charge >= 0.3 is 0 Å². The van der Waals surface area contributed by atoms with E-state index in [4.69, 9.17) is 0 Å². The largest absolute Gasteiger partial charge is 0.382 e. The second kappa shape index (κ2) is 6.54. The van der Waals surface area contributed by atoms with E-state index in [1.807, 2.05) is 42.2 Å². The van der Waals surface area contributed by atoms with Crippen LogP contribution in [-0.2, 0) is 13.0 Å². The van der Waals surface area contributed by atoms with Crippen LogP contribution in [0, 0.1) is 6.92 Å². The lowest BCUT2D eigenvalue weighted by Gasteiger charge is -2.02. The van der Waals surface area contributed by atoms with Crippen molar-refractivity contribution in [1.82, 2.24) is 14.8 Å². The average Bonchev–Trinajstić information content (AvgIpc) is 3.10. The van der Waals surface area contributed by atoms with Gasteiger partial charge in [0.15, 0.2) is 0 Å². The Labute approximate surface area is 128 Å². The monoisotopic (exact) mass is 298 g/mol. The van der Waals surface area contributed by atoms with Gasteiger partial charge in [-0.3, -0.25) is 4.68 Å². The fourth-order valence-corrected chi connectivity index (χ4v) is 2.92. The maximum absolute atomic E-state index is 4.46. The van der Waals surface area contributed by atoms with Crippen LogP contribution in [0.2, 0.25) is 0 Å². The Morgan fingerprint density at radius 2 is 2.10 bits per heavy atom. The highest BCUT2D eigenvalue weighted by atomic mass is 32.1. The molecule has 0 saturated carbocycles. The summed E-state index contributed by atoms with van der Waals surface area (Å²) in [5.74, 6) is 0. The van der Waals surface area contributed by atoms with Crippen molar-refractivity contribution in [1.29, 1.82) is 0 Å². The summed E-state index contributed by atoms with van der Waals surface area (Å²) in [4.78, 5) is 4.46. The fourth-order valence-electron chi connectivity index (χ4n) is 2.14. The van der Waals surface area contributed by atoms with Gasteiger partial charge in [0.05, 0.1) is 23.4 Å². The topological polar surface area (TPSA) is 42.7 Å². The molecule has 0 radical (unpaired) electrons. The Hall–Kier alpha value is -2.14. The number of nitrogens with one attached hydrogen (secondary N) is 1. The first-order valence-electron chi connectivity index (χ1n) is 7.01. The molecule has 0 aliphatic carbocycles. The van der Waals surface area contributed by atoms with Crippen molar-refractivity contribution in [3.8, 4) is 0 Å². The highest BCUT2D eigenvalue weighted by Gasteiger charge is 2.01. The molecule has 0 aliphatic rings. The minimum Gasteiger partial charge on any atom is -0.382 e. The number of rotatable bonds is 6. The van der Waals surface area contributed by atoms with Gasteiger partial charge in [0.25, 0.3) is 0 Å². The molecule has 2 heterocycles. The smallest absolute Gasteiger partial charge is 0.0945 e. The molecule has 0 saturated heterocycles. The van der Waals surface area contributed by atoms with Gasteiger partial charge in [0, 0.05) is 30.2 Å². The molecule has 0 amide bonds. The standard InChI is InChI=1S/C16H18N4S/c1-13-12-21-16(19-13)7-8-17-15-9-18-20(11-15)10-14-5-3-2-4-6-14/h2-6,9,11-12,17H,7-8,10H2,1H3. The molecular formula is C16H18N4S. The molecule has 3 aromatic rings. The first kappa shape index (κ1) is 13.8. The highest BCUT2D eigenvalue weighted by Crippen LogP contribution is 2.11. The second-order valence-electron chi connectivity index (χ2n) is 4.97. The lowest BCUT2D eigenvalue weighted by molar-refractivity contribution is 0.687. The zero-order valence-corrected chi connectivity index (χ0v) is 12.8. The normalized spacial score (nSPS) is 10.7. The number of hydrogen-bond donors (Lipinski definition) is 1. The summed E-state index contributed by atoms with van der Waals surface area (Å²) >= 11 is 1.72. The van der Waals surface area contributed by atoms with E-state index in [2.05, 4.69) is 32.9 Å². The number of thiazole rings is 1. The summed E-state index contributed by atoms with van der Waals surface area (Å²) in [5, 5.41) is 11.0. The summed E-state index contributed by atoms with van der Waals surface area (Å²) in [6.45, 7) is 3.71. The van der Waals surface area contributed by atoms with Crippen LogP contribution in [0.3, 0.4) is 0 Å². The lowest BCUT2D eigenvalue weighted by atomic mass is 10.2. The third-order valence-corrected chi connectivity index (χ3v) is 4.18. The van der Waals surface area contributed by atoms with Gasteiger partial charge in [0.2, 0.25) is 0 Å². The van der Waals surface area contributed by atoms with Crippen molar-refractivity contribution in [2.45, 2.75) is 19.9 Å². The van der Waals surface area contributed by atoms with Gasteiger partial charge in [-0.25, -0.2) is 4.98 Å². The molecule has 4 nitrogen and oxygen atoms in total. The molecule has 0 aliphatic heterocycles. The Morgan fingerprint density at radius 1 is 1.24 bits per heavy atom. The molecule has 0 bridgehead atoms.